The Balaban J connectivity index is 2.17. The molecular formula is C25H35NO7. The van der Waals surface area contributed by atoms with Gasteiger partial charge in [-0.1, -0.05) is 26.7 Å². The Morgan fingerprint density at radius 1 is 0.727 bits per heavy atom. The maximum Gasteiger partial charge on any atom is 0.255 e. The molecule has 1 N–H and O–H groups in total. The van der Waals surface area contributed by atoms with Gasteiger partial charge in [0.1, 0.15) is 0 Å². The Hall–Kier alpha value is -2.97. The highest BCUT2D eigenvalue weighted by Gasteiger charge is 2.14. The predicted molar refractivity (Wildman–Crippen MR) is 127 cm³/mol. The molecule has 8 heteroatoms. The van der Waals surface area contributed by atoms with E-state index in [0.717, 1.165) is 25.7 Å². The largest absolute Gasteiger partial charge is 0.490 e. The van der Waals surface area contributed by atoms with Crippen molar-refractivity contribution in [2.24, 2.45) is 0 Å². The minimum Gasteiger partial charge on any atom is -0.490 e. The number of nitrogens with one attached hydrogen (secondary N) is 1. The summed E-state index contributed by atoms with van der Waals surface area (Å²) >= 11 is 0. The summed E-state index contributed by atoms with van der Waals surface area (Å²) in [5.74, 6) is 1.84. The number of methoxy groups -OCH3 is 2. The molecule has 0 spiro atoms. The van der Waals surface area contributed by atoms with E-state index >= 15 is 0 Å². The van der Waals surface area contributed by atoms with Crippen LogP contribution in [0.2, 0.25) is 0 Å². The van der Waals surface area contributed by atoms with Gasteiger partial charge >= 0.3 is 0 Å². The maximum atomic E-state index is 12.9. The van der Waals surface area contributed by atoms with Gasteiger partial charge in [-0.15, -0.1) is 0 Å². The van der Waals surface area contributed by atoms with Crippen LogP contribution in [0.4, 0.5) is 5.69 Å². The van der Waals surface area contributed by atoms with Crippen LogP contribution < -0.4 is 24.3 Å². The number of carbonyl (C=O) groups excluding carboxylic acids is 1. The number of benzene rings is 2. The maximum absolute atomic E-state index is 12.9. The zero-order valence-corrected chi connectivity index (χ0v) is 20.0. The summed E-state index contributed by atoms with van der Waals surface area (Å²) in [5, 5.41) is 2.88. The summed E-state index contributed by atoms with van der Waals surface area (Å²) < 4.78 is 32.7. The summed E-state index contributed by atoms with van der Waals surface area (Å²) in [6.07, 6.45) is 3.93. The van der Waals surface area contributed by atoms with Crippen LogP contribution in [0, 0.1) is 0 Å². The smallest absolute Gasteiger partial charge is 0.255 e. The van der Waals surface area contributed by atoms with Crippen molar-refractivity contribution in [2.45, 2.75) is 39.5 Å². The topological polar surface area (TPSA) is 84.5 Å². The molecule has 0 heterocycles. The molecule has 182 valence electrons. The zero-order valence-electron chi connectivity index (χ0n) is 20.0. The average molecular weight is 462 g/mol. The predicted octanol–water partition coefficient (Wildman–Crippen LogP) is 5.26. The van der Waals surface area contributed by atoms with Crippen LogP contribution in [0.5, 0.6) is 23.0 Å². The van der Waals surface area contributed by atoms with Crippen molar-refractivity contribution in [1.29, 1.82) is 0 Å². The third-order valence-electron chi connectivity index (χ3n) is 4.58. The molecule has 8 nitrogen and oxygen atoms in total. The van der Waals surface area contributed by atoms with Crippen molar-refractivity contribution in [3.8, 4) is 23.0 Å². The molecule has 2 aromatic rings. The Labute approximate surface area is 196 Å². The number of unbranched alkanes of at least 4 members (excludes halogenated alkanes) is 2. The van der Waals surface area contributed by atoms with Gasteiger partial charge in [0, 0.05) is 31.5 Å². The average Bonchev–Trinajstić information content (AvgIpc) is 2.83. The van der Waals surface area contributed by atoms with Gasteiger partial charge in [-0.3, -0.25) is 4.79 Å². The van der Waals surface area contributed by atoms with Crippen molar-refractivity contribution in [3.63, 3.8) is 0 Å². The van der Waals surface area contributed by atoms with E-state index in [0.29, 0.717) is 47.5 Å². The van der Waals surface area contributed by atoms with Crippen molar-refractivity contribution in [3.05, 3.63) is 42.0 Å². The van der Waals surface area contributed by atoms with Gasteiger partial charge in [-0.2, -0.15) is 0 Å². The lowest BCUT2D eigenvalue weighted by molar-refractivity contribution is 0.0323. The number of amides is 1. The Kier molecular flexibility index (Phi) is 11.9. The highest BCUT2D eigenvalue weighted by Crippen LogP contribution is 2.32. The van der Waals surface area contributed by atoms with E-state index in [4.69, 9.17) is 28.4 Å². The van der Waals surface area contributed by atoms with E-state index in [2.05, 4.69) is 19.2 Å². The van der Waals surface area contributed by atoms with Crippen molar-refractivity contribution in [1.82, 2.24) is 0 Å². The van der Waals surface area contributed by atoms with Crippen LogP contribution >= 0.6 is 0 Å². The molecule has 1 amide bonds. The molecule has 0 unspecified atom stereocenters. The Morgan fingerprint density at radius 2 is 1.27 bits per heavy atom. The first-order chi connectivity index (χ1) is 16.1. The normalized spacial score (nSPS) is 10.5. The second-order valence-electron chi connectivity index (χ2n) is 7.28. The molecule has 0 bridgehead atoms. The number of anilines is 1. The Bertz CT molecular complexity index is 857. The van der Waals surface area contributed by atoms with E-state index in [1.807, 2.05) is 0 Å². The van der Waals surface area contributed by atoms with Gasteiger partial charge in [-0.05, 0) is 43.2 Å². The van der Waals surface area contributed by atoms with E-state index in [1.54, 1.807) is 36.4 Å². The quantitative estimate of drug-likeness (QED) is 0.269. The lowest BCUT2D eigenvalue weighted by Crippen LogP contribution is -2.13. The fourth-order valence-corrected chi connectivity index (χ4v) is 2.80. The van der Waals surface area contributed by atoms with E-state index in [9.17, 15) is 4.79 Å². The van der Waals surface area contributed by atoms with Crippen molar-refractivity contribution < 1.29 is 33.2 Å². The highest BCUT2D eigenvalue weighted by atomic mass is 16.7. The lowest BCUT2D eigenvalue weighted by atomic mass is 10.1. The van der Waals surface area contributed by atoms with Crippen LogP contribution in [0.15, 0.2) is 36.4 Å². The molecular weight excluding hydrogens is 426 g/mol. The monoisotopic (exact) mass is 461 g/mol. The number of carbonyl (C=O) groups is 1. The standard InChI is InChI=1S/C25H35NO7/c1-5-7-13-30-21-11-9-19(15-23(21)31-14-8-6-2)25(27)26-20-10-12-22(32-17-28-3)24(16-20)33-18-29-4/h9-12,15-16H,5-8,13-14,17-18H2,1-4H3,(H,26,27). The fraction of sp³-hybridized carbons (Fsp3) is 0.480. The zero-order chi connectivity index (χ0) is 23.9. The van der Waals surface area contributed by atoms with Crippen LogP contribution in [-0.2, 0) is 9.47 Å². The summed E-state index contributed by atoms with van der Waals surface area (Å²) in [5.41, 5.74) is 1.01. The molecule has 0 aliphatic heterocycles. The van der Waals surface area contributed by atoms with Gasteiger partial charge in [0.2, 0.25) is 0 Å². The fourth-order valence-electron chi connectivity index (χ4n) is 2.80. The summed E-state index contributed by atoms with van der Waals surface area (Å²) in [7, 11) is 3.06. The molecule has 0 aliphatic rings. The molecule has 33 heavy (non-hydrogen) atoms. The number of rotatable bonds is 16. The molecule has 0 aromatic heterocycles. The molecule has 2 aromatic carbocycles. The number of ether oxygens (including phenoxy) is 6. The van der Waals surface area contributed by atoms with Crippen LogP contribution in [-0.4, -0.2) is 46.9 Å². The number of hydrogen-bond donors (Lipinski definition) is 1. The number of hydrogen-bond acceptors (Lipinski definition) is 7. The van der Waals surface area contributed by atoms with Crippen LogP contribution in [0.3, 0.4) is 0 Å². The van der Waals surface area contributed by atoms with Crippen LogP contribution in [0.25, 0.3) is 0 Å². The Morgan fingerprint density at radius 3 is 1.91 bits per heavy atom. The third-order valence-corrected chi connectivity index (χ3v) is 4.58. The third kappa shape index (κ3) is 8.82. The summed E-state index contributed by atoms with van der Waals surface area (Å²) in [4.78, 5) is 12.9. The molecule has 0 saturated carbocycles. The molecule has 0 atom stereocenters. The van der Waals surface area contributed by atoms with Crippen LogP contribution in [0.1, 0.15) is 49.9 Å². The summed E-state index contributed by atoms with van der Waals surface area (Å²) in [6.45, 7) is 5.49. The van der Waals surface area contributed by atoms with Gasteiger partial charge < -0.3 is 33.7 Å². The molecule has 0 saturated heterocycles. The SMILES string of the molecule is CCCCOc1ccc(C(=O)Nc2ccc(OCOC)c(OCOC)c2)cc1OCCCC. The first kappa shape index (κ1) is 26.3. The second-order valence-corrected chi connectivity index (χ2v) is 7.28. The van der Waals surface area contributed by atoms with E-state index in [-0.39, 0.29) is 19.5 Å². The van der Waals surface area contributed by atoms with Crippen molar-refractivity contribution >= 4 is 11.6 Å². The van der Waals surface area contributed by atoms with Gasteiger partial charge in [0.25, 0.3) is 5.91 Å². The summed E-state index contributed by atoms with van der Waals surface area (Å²) in [6, 6.07) is 10.3. The molecule has 2 rings (SSSR count). The van der Waals surface area contributed by atoms with E-state index < -0.39 is 0 Å². The minimum absolute atomic E-state index is 0.0404. The van der Waals surface area contributed by atoms with Gasteiger partial charge in [-0.25, -0.2) is 0 Å². The molecule has 0 fully saturated rings. The highest BCUT2D eigenvalue weighted by molar-refractivity contribution is 6.04. The molecule has 0 radical (unpaired) electrons. The molecule has 0 aliphatic carbocycles. The van der Waals surface area contributed by atoms with E-state index in [1.165, 1.54) is 14.2 Å². The first-order valence-corrected chi connectivity index (χ1v) is 11.2. The second kappa shape index (κ2) is 15.0. The lowest BCUT2D eigenvalue weighted by Gasteiger charge is -2.15. The van der Waals surface area contributed by atoms with Gasteiger partial charge in [0.05, 0.1) is 13.2 Å². The van der Waals surface area contributed by atoms with Crippen molar-refractivity contribution in [2.75, 3.05) is 46.3 Å². The first-order valence-electron chi connectivity index (χ1n) is 11.2. The van der Waals surface area contributed by atoms with Gasteiger partial charge in [0.15, 0.2) is 36.6 Å². The minimum atomic E-state index is -0.279.